The van der Waals surface area contributed by atoms with Crippen molar-refractivity contribution in [2.24, 2.45) is 76.9 Å². The summed E-state index contributed by atoms with van der Waals surface area (Å²) in [5.74, 6) is 4.50. The third kappa shape index (κ3) is 8.57. The van der Waals surface area contributed by atoms with E-state index in [1.807, 2.05) is 6.08 Å². The molecule has 0 bridgehead atoms. The Balaban J connectivity index is 1.10. The second-order valence-electron chi connectivity index (χ2n) is 18.2. The second kappa shape index (κ2) is 15.6. The summed E-state index contributed by atoms with van der Waals surface area (Å²) in [5.41, 5.74) is 1.46. The summed E-state index contributed by atoms with van der Waals surface area (Å²) < 4.78 is 43.3. The van der Waals surface area contributed by atoms with Crippen LogP contribution in [-0.2, 0) is 0 Å². The molecule has 0 aromatic rings. The minimum absolute atomic E-state index is 0.145. The van der Waals surface area contributed by atoms with E-state index in [4.69, 9.17) is 0 Å². The van der Waals surface area contributed by atoms with Crippen molar-refractivity contribution in [3.05, 3.63) is 24.3 Å². The molecule has 12 atom stereocenters. The molecule has 0 amide bonds. The zero-order chi connectivity index (χ0) is 33.3. The van der Waals surface area contributed by atoms with Crippen molar-refractivity contribution in [1.29, 1.82) is 0 Å². The van der Waals surface area contributed by atoms with Crippen LogP contribution in [0.4, 0.5) is 13.2 Å². The predicted molar refractivity (Wildman–Crippen MR) is 188 cm³/mol. The summed E-state index contributed by atoms with van der Waals surface area (Å²) in [6, 6.07) is 0. The molecule has 1 aliphatic heterocycles. The molecule has 0 radical (unpaired) electrons. The van der Waals surface area contributed by atoms with Crippen LogP contribution in [0.1, 0.15) is 129 Å². The van der Waals surface area contributed by atoms with Crippen LogP contribution < -0.4 is 0 Å². The van der Waals surface area contributed by atoms with Crippen molar-refractivity contribution in [3.63, 3.8) is 0 Å². The average molecular weight is 660 g/mol. The van der Waals surface area contributed by atoms with Gasteiger partial charge in [-0.25, -0.2) is 0 Å². The molecule has 0 aromatic heterocycles. The summed E-state index contributed by atoms with van der Waals surface area (Å²) in [4.78, 5) is 2.29. The van der Waals surface area contributed by atoms with Gasteiger partial charge >= 0.3 is 6.18 Å². The first-order valence-electron chi connectivity index (χ1n) is 20.3. The summed E-state index contributed by atoms with van der Waals surface area (Å²) in [6.45, 7) is 11.5. The van der Waals surface area contributed by atoms with Gasteiger partial charge in [0.1, 0.15) is 0 Å². The molecule has 5 fully saturated rings. The number of hydrogen-bond donors (Lipinski definition) is 1. The number of rotatable bonds is 7. The van der Waals surface area contributed by atoms with Crippen LogP contribution in [0.2, 0.25) is 0 Å². The molecule has 6 rings (SSSR count). The summed E-state index contributed by atoms with van der Waals surface area (Å²) in [5, 5.41) is 11.7. The lowest BCUT2D eigenvalue weighted by atomic mass is 9.54. The molecular weight excluding hydrogens is 591 g/mol. The van der Waals surface area contributed by atoms with Crippen molar-refractivity contribution < 1.29 is 18.3 Å². The van der Waals surface area contributed by atoms with E-state index in [-0.39, 0.29) is 18.3 Å². The largest absolute Gasteiger partial charge is 0.393 e. The van der Waals surface area contributed by atoms with Gasteiger partial charge in [0.05, 0.1) is 12.0 Å². The maximum absolute atomic E-state index is 14.4. The van der Waals surface area contributed by atoms with E-state index in [1.54, 1.807) is 0 Å². The molecule has 0 aromatic carbocycles. The SMILES string of the molecule is C=C1CC2CCC(C3CCCCC3)CCC2C(C2CC(C(O)CC3C=CC(CC4CCN(C)CC4)C(C(F)(F)F)C3)CCC2C)C1C. The second-order valence-corrected chi connectivity index (χ2v) is 18.2. The van der Waals surface area contributed by atoms with Crippen LogP contribution in [0.5, 0.6) is 0 Å². The fraction of sp³-hybridized carbons (Fsp3) is 0.905. The molecule has 47 heavy (non-hydrogen) atoms. The molecule has 5 heteroatoms. The topological polar surface area (TPSA) is 23.5 Å². The fourth-order valence-electron chi connectivity index (χ4n) is 12.4. The number of alkyl halides is 3. The van der Waals surface area contributed by atoms with E-state index in [0.29, 0.717) is 42.4 Å². The average Bonchev–Trinajstić information content (AvgIpc) is 3.26. The van der Waals surface area contributed by atoms with Gasteiger partial charge in [-0.15, -0.1) is 0 Å². The number of hydrogen-bond acceptors (Lipinski definition) is 2. The van der Waals surface area contributed by atoms with Crippen molar-refractivity contribution in [2.45, 2.75) is 142 Å². The Kier molecular flexibility index (Phi) is 12.0. The lowest BCUT2D eigenvalue weighted by Crippen LogP contribution is -2.44. The number of likely N-dealkylation sites (tertiary alicyclic amines) is 1. The first-order valence-corrected chi connectivity index (χ1v) is 20.3. The first kappa shape index (κ1) is 36.0. The Labute approximate surface area is 285 Å². The highest BCUT2D eigenvalue weighted by Crippen LogP contribution is 2.56. The van der Waals surface area contributed by atoms with Crippen molar-refractivity contribution >= 4 is 0 Å². The Bertz CT molecular complexity index is 1040. The van der Waals surface area contributed by atoms with Gasteiger partial charge in [0.25, 0.3) is 0 Å². The highest BCUT2D eigenvalue weighted by atomic mass is 19.4. The summed E-state index contributed by atoms with van der Waals surface area (Å²) in [6.07, 6.45) is 19.7. The molecule has 1 saturated heterocycles. The summed E-state index contributed by atoms with van der Waals surface area (Å²) >= 11 is 0. The molecule has 1 N–H and O–H groups in total. The highest BCUT2D eigenvalue weighted by Gasteiger charge is 2.49. The molecule has 268 valence electrons. The zero-order valence-corrected chi connectivity index (χ0v) is 30.1. The Hall–Kier alpha value is -0.810. The van der Waals surface area contributed by atoms with Gasteiger partial charge in [-0.05, 0) is 168 Å². The smallest absolute Gasteiger partial charge is 0.392 e. The first-order chi connectivity index (χ1) is 22.5. The molecule has 6 aliphatic rings. The standard InChI is InChI=1S/C42H68F3NO/c1-27-10-12-36(40(47)25-31-11-13-35(39(24-31)42(43,44)45)23-30-18-20-46(4)21-19-30)26-38(27)41-29(3)28(2)22-34-15-14-33(16-17-37(34)41)32-8-6-5-7-9-32/h11,13,27,29-41,47H,2,5-10,12,14-26H2,1,3-4H3. The van der Waals surface area contributed by atoms with Gasteiger partial charge in [0.15, 0.2) is 0 Å². The maximum atomic E-state index is 14.4. The number of allylic oxidation sites excluding steroid dienone is 3. The van der Waals surface area contributed by atoms with Crippen molar-refractivity contribution in [3.8, 4) is 0 Å². The van der Waals surface area contributed by atoms with Gasteiger partial charge in [-0.1, -0.05) is 76.7 Å². The molecular formula is C42H68F3NO. The maximum Gasteiger partial charge on any atom is 0.392 e. The van der Waals surface area contributed by atoms with Gasteiger partial charge < -0.3 is 10.0 Å². The number of fused-ring (bicyclic) bond motifs is 1. The van der Waals surface area contributed by atoms with Crippen LogP contribution in [0.25, 0.3) is 0 Å². The van der Waals surface area contributed by atoms with E-state index in [0.717, 1.165) is 68.9 Å². The number of nitrogens with zero attached hydrogens (tertiary/aromatic N) is 1. The number of aliphatic hydroxyl groups is 1. The van der Waals surface area contributed by atoms with E-state index >= 15 is 0 Å². The van der Waals surface area contributed by atoms with Crippen molar-refractivity contribution in [2.75, 3.05) is 20.1 Å². The van der Waals surface area contributed by atoms with E-state index in [1.165, 1.54) is 69.8 Å². The number of halogens is 3. The highest BCUT2D eigenvalue weighted by molar-refractivity contribution is 5.12. The lowest BCUT2D eigenvalue weighted by Gasteiger charge is -2.51. The fourth-order valence-corrected chi connectivity index (χ4v) is 12.4. The van der Waals surface area contributed by atoms with Gasteiger partial charge in [0, 0.05) is 0 Å². The Morgan fingerprint density at radius 3 is 2.23 bits per heavy atom. The van der Waals surface area contributed by atoms with E-state index in [9.17, 15) is 18.3 Å². The predicted octanol–water partition coefficient (Wildman–Crippen LogP) is 11.1. The van der Waals surface area contributed by atoms with Crippen LogP contribution >= 0.6 is 0 Å². The molecule has 0 spiro atoms. The van der Waals surface area contributed by atoms with Crippen LogP contribution in [0.15, 0.2) is 24.3 Å². The molecule has 2 nitrogen and oxygen atoms in total. The quantitative estimate of drug-likeness (QED) is 0.275. The van der Waals surface area contributed by atoms with E-state index < -0.39 is 24.1 Å². The Morgan fingerprint density at radius 2 is 1.51 bits per heavy atom. The van der Waals surface area contributed by atoms with Crippen LogP contribution in [0.3, 0.4) is 0 Å². The van der Waals surface area contributed by atoms with Gasteiger partial charge in [-0.2, -0.15) is 13.2 Å². The third-order valence-corrected chi connectivity index (χ3v) is 15.4. The zero-order valence-electron chi connectivity index (χ0n) is 30.1. The molecule has 5 aliphatic carbocycles. The number of aliphatic hydroxyl groups excluding tert-OH is 1. The molecule has 1 heterocycles. The number of piperidine rings is 1. The lowest BCUT2D eigenvalue weighted by molar-refractivity contribution is -0.192. The van der Waals surface area contributed by atoms with Gasteiger partial charge in [0.2, 0.25) is 0 Å². The molecule has 4 saturated carbocycles. The van der Waals surface area contributed by atoms with Crippen molar-refractivity contribution in [1.82, 2.24) is 4.90 Å². The minimum Gasteiger partial charge on any atom is -0.393 e. The minimum atomic E-state index is -4.18. The van der Waals surface area contributed by atoms with Gasteiger partial charge in [-0.3, -0.25) is 0 Å². The summed E-state index contributed by atoms with van der Waals surface area (Å²) in [7, 11) is 2.10. The molecule has 12 unspecified atom stereocenters. The van der Waals surface area contributed by atoms with E-state index in [2.05, 4.69) is 38.5 Å². The van der Waals surface area contributed by atoms with Crippen LogP contribution in [-0.4, -0.2) is 42.4 Å². The van der Waals surface area contributed by atoms with Crippen LogP contribution in [0, 0.1) is 76.9 Å². The Morgan fingerprint density at radius 1 is 0.830 bits per heavy atom. The third-order valence-electron chi connectivity index (χ3n) is 15.4. The monoisotopic (exact) mass is 660 g/mol. The normalized spacial score (nSPS) is 42.5.